The first-order chi connectivity index (χ1) is 9.78. The van der Waals surface area contributed by atoms with Gasteiger partial charge >= 0.3 is 0 Å². The number of amides is 1. The van der Waals surface area contributed by atoms with Crippen LogP contribution in [0.3, 0.4) is 0 Å². The molecule has 1 amide bonds. The Labute approximate surface area is 119 Å². The number of ether oxygens (including phenoxy) is 1. The summed E-state index contributed by atoms with van der Waals surface area (Å²) in [5.74, 6) is 1.05. The van der Waals surface area contributed by atoms with Gasteiger partial charge in [0.15, 0.2) is 0 Å². The molecule has 2 N–H and O–H groups in total. The van der Waals surface area contributed by atoms with Crippen molar-refractivity contribution in [3.8, 4) is 5.75 Å². The topological polar surface area (TPSA) is 50.4 Å². The molecule has 2 aliphatic rings. The van der Waals surface area contributed by atoms with Crippen LogP contribution < -0.4 is 15.4 Å². The van der Waals surface area contributed by atoms with Gasteiger partial charge in [0, 0.05) is 0 Å². The molecule has 4 heteroatoms. The van der Waals surface area contributed by atoms with Crippen molar-refractivity contribution in [3.63, 3.8) is 0 Å². The minimum atomic E-state index is -0.00127. The summed E-state index contributed by atoms with van der Waals surface area (Å²) in [7, 11) is 1.69. The van der Waals surface area contributed by atoms with E-state index in [1.807, 2.05) is 6.07 Å². The molecule has 0 spiro atoms. The van der Waals surface area contributed by atoms with Gasteiger partial charge in [-0.15, -0.1) is 0 Å². The molecule has 2 unspecified atom stereocenters. The first-order valence-corrected chi connectivity index (χ1v) is 7.48. The Morgan fingerprint density at radius 3 is 3.00 bits per heavy atom. The second-order valence-electron chi connectivity index (χ2n) is 5.67. The van der Waals surface area contributed by atoms with Crippen molar-refractivity contribution in [2.75, 3.05) is 13.7 Å². The van der Waals surface area contributed by atoms with Gasteiger partial charge in [0.2, 0.25) is 5.91 Å². The normalized spacial score (nSPS) is 25.1. The number of methoxy groups -OCH3 is 1. The molecule has 4 nitrogen and oxygen atoms in total. The van der Waals surface area contributed by atoms with Crippen LogP contribution in [0.15, 0.2) is 18.2 Å². The van der Waals surface area contributed by atoms with Gasteiger partial charge in [0.05, 0.1) is 19.2 Å². The van der Waals surface area contributed by atoms with Crippen LogP contribution in [0.4, 0.5) is 0 Å². The predicted molar refractivity (Wildman–Crippen MR) is 77.8 cm³/mol. The first kappa shape index (κ1) is 13.4. The predicted octanol–water partition coefficient (Wildman–Crippen LogP) is 1.94. The Bertz CT molecular complexity index is 495. The van der Waals surface area contributed by atoms with Crippen LogP contribution in [0.2, 0.25) is 0 Å². The Morgan fingerprint density at radius 2 is 2.25 bits per heavy atom. The van der Waals surface area contributed by atoms with Crippen LogP contribution >= 0.6 is 0 Å². The molecule has 1 aliphatic carbocycles. The van der Waals surface area contributed by atoms with Gasteiger partial charge < -0.3 is 15.4 Å². The summed E-state index contributed by atoms with van der Waals surface area (Å²) < 4.78 is 5.28. The Kier molecular flexibility index (Phi) is 3.92. The molecule has 0 saturated carbocycles. The summed E-state index contributed by atoms with van der Waals surface area (Å²) in [5, 5.41) is 6.47. The summed E-state index contributed by atoms with van der Waals surface area (Å²) in [4.78, 5) is 12.2. The number of carbonyl (C=O) groups excluding carboxylic acids is 1. The average Bonchev–Trinajstić information content (AvgIpc) is 3.01. The highest BCUT2D eigenvalue weighted by molar-refractivity contribution is 5.82. The molecule has 0 radical (unpaired) electrons. The second kappa shape index (κ2) is 5.83. The summed E-state index contributed by atoms with van der Waals surface area (Å²) in [6.45, 7) is 0.955. The summed E-state index contributed by atoms with van der Waals surface area (Å²) in [6.07, 6.45) is 5.26. The third-order valence-corrected chi connectivity index (χ3v) is 4.36. The lowest BCUT2D eigenvalue weighted by molar-refractivity contribution is -0.123. The fraction of sp³-hybridized carbons (Fsp3) is 0.562. The fourth-order valence-electron chi connectivity index (χ4n) is 3.25. The van der Waals surface area contributed by atoms with Gasteiger partial charge in [0.25, 0.3) is 0 Å². The lowest BCUT2D eigenvalue weighted by Crippen LogP contribution is -2.42. The zero-order chi connectivity index (χ0) is 13.9. The molecule has 1 aliphatic heterocycles. The van der Waals surface area contributed by atoms with Gasteiger partial charge in [-0.2, -0.15) is 0 Å². The van der Waals surface area contributed by atoms with Crippen LogP contribution in [0.25, 0.3) is 0 Å². The van der Waals surface area contributed by atoms with Gasteiger partial charge in [-0.1, -0.05) is 6.07 Å². The number of hydrogen-bond donors (Lipinski definition) is 2. The highest BCUT2D eigenvalue weighted by atomic mass is 16.5. The molecule has 2 atom stereocenters. The minimum Gasteiger partial charge on any atom is -0.497 e. The molecule has 108 valence electrons. The molecular weight excluding hydrogens is 252 g/mol. The number of hydrogen-bond acceptors (Lipinski definition) is 3. The lowest BCUT2D eigenvalue weighted by Gasteiger charge is -2.27. The zero-order valence-electron chi connectivity index (χ0n) is 11.9. The van der Waals surface area contributed by atoms with Crippen molar-refractivity contribution in [2.24, 2.45) is 0 Å². The van der Waals surface area contributed by atoms with Crippen LogP contribution in [0.5, 0.6) is 5.75 Å². The Hall–Kier alpha value is -1.55. The number of carbonyl (C=O) groups is 1. The van der Waals surface area contributed by atoms with E-state index < -0.39 is 0 Å². The molecule has 0 bridgehead atoms. The molecule has 1 aromatic rings. The van der Waals surface area contributed by atoms with E-state index in [0.29, 0.717) is 0 Å². The third kappa shape index (κ3) is 2.66. The quantitative estimate of drug-likeness (QED) is 0.885. The summed E-state index contributed by atoms with van der Waals surface area (Å²) in [5.41, 5.74) is 2.56. The monoisotopic (exact) mass is 274 g/mol. The average molecular weight is 274 g/mol. The van der Waals surface area contributed by atoms with Crippen molar-refractivity contribution in [1.82, 2.24) is 10.6 Å². The van der Waals surface area contributed by atoms with Crippen LogP contribution in [0, 0.1) is 0 Å². The number of benzene rings is 1. The Balaban J connectivity index is 1.74. The molecular formula is C16H22N2O2. The highest BCUT2D eigenvalue weighted by Crippen LogP contribution is 2.32. The van der Waals surface area contributed by atoms with Crippen molar-refractivity contribution in [2.45, 2.75) is 44.2 Å². The SMILES string of the molecule is COc1ccc2c(c1)CCCC2NC(=O)C1CCCN1. The van der Waals surface area contributed by atoms with E-state index in [4.69, 9.17) is 4.74 Å². The Morgan fingerprint density at radius 1 is 1.35 bits per heavy atom. The van der Waals surface area contributed by atoms with E-state index in [1.165, 1.54) is 11.1 Å². The molecule has 0 aromatic heterocycles. The third-order valence-electron chi connectivity index (χ3n) is 4.36. The molecule has 3 rings (SSSR count). The minimum absolute atomic E-state index is 0.00127. The van der Waals surface area contributed by atoms with Gasteiger partial charge in [0.1, 0.15) is 5.75 Å². The maximum Gasteiger partial charge on any atom is 0.237 e. The number of rotatable bonds is 3. The largest absolute Gasteiger partial charge is 0.497 e. The number of aryl methyl sites for hydroxylation is 1. The summed E-state index contributed by atoms with van der Waals surface area (Å²) >= 11 is 0. The highest BCUT2D eigenvalue weighted by Gasteiger charge is 2.27. The van der Waals surface area contributed by atoms with E-state index in [2.05, 4.69) is 22.8 Å². The standard InChI is InChI=1S/C16H22N2O2/c1-20-12-7-8-13-11(10-12)4-2-5-14(13)18-16(19)15-6-3-9-17-15/h7-8,10,14-15,17H,2-6,9H2,1H3,(H,18,19). The fourth-order valence-corrected chi connectivity index (χ4v) is 3.25. The van der Waals surface area contributed by atoms with E-state index in [1.54, 1.807) is 7.11 Å². The number of nitrogens with one attached hydrogen (secondary N) is 2. The van der Waals surface area contributed by atoms with Crippen molar-refractivity contribution < 1.29 is 9.53 Å². The van der Waals surface area contributed by atoms with E-state index >= 15 is 0 Å². The van der Waals surface area contributed by atoms with Crippen molar-refractivity contribution in [1.29, 1.82) is 0 Å². The maximum absolute atomic E-state index is 12.2. The lowest BCUT2D eigenvalue weighted by atomic mass is 9.87. The van der Waals surface area contributed by atoms with Crippen molar-refractivity contribution >= 4 is 5.91 Å². The van der Waals surface area contributed by atoms with Gasteiger partial charge in [-0.05, 0) is 61.9 Å². The van der Waals surface area contributed by atoms with E-state index in [-0.39, 0.29) is 18.0 Å². The molecule has 1 fully saturated rings. The van der Waals surface area contributed by atoms with Crippen molar-refractivity contribution in [3.05, 3.63) is 29.3 Å². The maximum atomic E-state index is 12.2. The molecule has 20 heavy (non-hydrogen) atoms. The molecule has 1 saturated heterocycles. The van der Waals surface area contributed by atoms with Gasteiger partial charge in [-0.3, -0.25) is 4.79 Å². The number of fused-ring (bicyclic) bond motifs is 1. The van der Waals surface area contributed by atoms with E-state index in [9.17, 15) is 4.79 Å². The van der Waals surface area contributed by atoms with E-state index in [0.717, 1.165) is 44.4 Å². The first-order valence-electron chi connectivity index (χ1n) is 7.48. The second-order valence-corrected chi connectivity index (χ2v) is 5.67. The zero-order valence-corrected chi connectivity index (χ0v) is 11.9. The molecule has 1 heterocycles. The molecule has 1 aromatic carbocycles. The smallest absolute Gasteiger partial charge is 0.237 e. The summed E-state index contributed by atoms with van der Waals surface area (Å²) in [6, 6.07) is 6.33. The van der Waals surface area contributed by atoms with Crippen LogP contribution in [-0.4, -0.2) is 25.6 Å². The van der Waals surface area contributed by atoms with Gasteiger partial charge in [-0.25, -0.2) is 0 Å². The van der Waals surface area contributed by atoms with Crippen LogP contribution in [0.1, 0.15) is 42.9 Å². The van der Waals surface area contributed by atoms with Crippen LogP contribution in [-0.2, 0) is 11.2 Å².